The van der Waals surface area contributed by atoms with Crippen molar-refractivity contribution < 1.29 is 33.3 Å². The molecule has 0 saturated heterocycles. The van der Waals surface area contributed by atoms with Gasteiger partial charge >= 0.3 is 5.97 Å². The normalized spacial score (nSPS) is 13.3. The number of halogens is 1. The monoisotopic (exact) mass is 466 g/mol. The minimum absolute atomic E-state index is 0.167. The van der Waals surface area contributed by atoms with Crippen molar-refractivity contribution in [2.45, 2.75) is 0 Å². The van der Waals surface area contributed by atoms with Gasteiger partial charge in [-0.15, -0.1) is 0 Å². The van der Waals surface area contributed by atoms with Gasteiger partial charge in [-0.25, -0.2) is 4.79 Å². The van der Waals surface area contributed by atoms with E-state index in [9.17, 15) is 9.59 Å². The summed E-state index contributed by atoms with van der Waals surface area (Å²) in [6.07, 6.45) is 1.63. The van der Waals surface area contributed by atoms with Crippen LogP contribution in [-0.2, 0) is 0 Å². The molecule has 0 aliphatic carbocycles. The van der Waals surface area contributed by atoms with E-state index >= 15 is 0 Å². The molecule has 0 atom stereocenters. The van der Waals surface area contributed by atoms with E-state index in [-0.39, 0.29) is 22.9 Å². The van der Waals surface area contributed by atoms with Gasteiger partial charge < -0.3 is 23.7 Å². The van der Waals surface area contributed by atoms with Crippen molar-refractivity contribution in [3.05, 3.63) is 82.1 Å². The van der Waals surface area contributed by atoms with Crippen LogP contribution in [0.2, 0.25) is 5.02 Å². The van der Waals surface area contributed by atoms with Crippen molar-refractivity contribution in [1.29, 1.82) is 0 Å². The molecule has 7 nitrogen and oxygen atoms in total. The lowest BCUT2D eigenvalue weighted by molar-refractivity contribution is 0.0733. The Balaban J connectivity index is 1.56. The maximum atomic E-state index is 12.7. The zero-order valence-corrected chi connectivity index (χ0v) is 18.8. The SMILES string of the molecule is COc1cc(C(=O)Oc2ccc3c(c2)O/C(=C\c2ccc(Cl)cc2)C3=O)cc(OC)c1OC. The van der Waals surface area contributed by atoms with Gasteiger partial charge in [0.2, 0.25) is 11.5 Å². The summed E-state index contributed by atoms with van der Waals surface area (Å²) in [7, 11) is 4.38. The standard InChI is InChI=1S/C25H19ClO7/c1-29-21-11-15(12-22(30-2)24(21)31-3)25(28)32-17-8-9-18-19(13-17)33-20(23(18)27)10-14-4-6-16(26)7-5-14/h4-13H,1-3H3/b20-10-. The van der Waals surface area contributed by atoms with Gasteiger partial charge in [0.05, 0.1) is 32.5 Å². The maximum absolute atomic E-state index is 12.7. The molecule has 0 N–H and O–H groups in total. The molecular weight excluding hydrogens is 448 g/mol. The number of allylic oxidation sites excluding steroid dienone is 1. The van der Waals surface area contributed by atoms with E-state index in [0.29, 0.717) is 33.6 Å². The first-order valence-electron chi connectivity index (χ1n) is 9.79. The number of ketones is 1. The van der Waals surface area contributed by atoms with Crippen LogP contribution < -0.4 is 23.7 Å². The zero-order chi connectivity index (χ0) is 23.5. The van der Waals surface area contributed by atoms with Crippen LogP contribution in [0.1, 0.15) is 26.3 Å². The number of carbonyl (C=O) groups is 2. The van der Waals surface area contributed by atoms with Crippen LogP contribution in [0.15, 0.2) is 60.4 Å². The molecule has 0 fully saturated rings. The Morgan fingerprint density at radius 3 is 2.18 bits per heavy atom. The smallest absolute Gasteiger partial charge is 0.343 e. The Morgan fingerprint density at radius 2 is 1.58 bits per heavy atom. The number of ether oxygens (including phenoxy) is 5. The Bertz CT molecular complexity index is 1240. The summed E-state index contributed by atoms with van der Waals surface area (Å²) in [5.41, 5.74) is 1.35. The lowest BCUT2D eigenvalue weighted by atomic mass is 10.1. The minimum atomic E-state index is -0.643. The van der Waals surface area contributed by atoms with Gasteiger partial charge in [0, 0.05) is 11.1 Å². The van der Waals surface area contributed by atoms with Gasteiger partial charge in [-0.1, -0.05) is 23.7 Å². The molecule has 0 aromatic heterocycles. The fourth-order valence-electron chi connectivity index (χ4n) is 3.31. The molecule has 4 rings (SSSR count). The number of esters is 1. The number of carbonyl (C=O) groups excluding carboxylic acids is 2. The van der Waals surface area contributed by atoms with E-state index in [1.807, 2.05) is 0 Å². The van der Waals surface area contributed by atoms with Crippen molar-refractivity contribution in [2.75, 3.05) is 21.3 Å². The number of rotatable bonds is 6. The third-order valence-electron chi connectivity index (χ3n) is 4.92. The van der Waals surface area contributed by atoms with Crippen molar-refractivity contribution in [3.63, 3.8) is 0 Å². The van der Waals surface area contributed by atoms with Crippen molar-refractivity contribution in [2.24, 2.45) is 0 Å². The fraction of sp³-hybridized carbons (Fsp3) is 0.120. The summed E-state index contributed by atoms with van der Waals surface area (Å²) in [5, 5.41) is 0.595. The summed E-state index contributed by atoms with van der Waals surface area (Å²) in [4.78, 5) is 25.4. The summed E-state index contributed by atoms with van der Waals surface area (Å²) >= 11 is 5.90. The van der Waals surface area contributed by atoms with Crippen molar-refractivity contribution >= 4 is 29.4 Å². The molecule has 0 amide bonds. The molecule has 3 aromatic rings. The highest BCUT2D eigenvalue weighted by atomic mass is 35.5. The average molecular weight is 467 g/mol. The molecule has 8 heteroatoms. The summed E-state index contributed by atoms with van der Waals surface area (Å²) in [5.74, 6) is 0.787. The van der Waals surface area contributed by atoms with E-state index in [4.69, 9.17) is 35.3 Å². The van der Waals surface area contributed by atoms with Crippen LogP contribution >= 0.6 is 11.6 Å². The predicted molar refractivity (Wildman–Crippen MR) is 122 cm³/mol. The second-order valence-electron chi connectivity index (χ2n) is 6.95. The van der Waals surface area contributed by atoms with Crippen LogP contribution in [-0.4, -0.2) is 33.1 Å². The molecule has 1 heterocycles. The second kappa shape index (κ2) is 9.26. The van der Waals surface area contributed by atoms with Gasteiger partial charge in [-0.2, -0.15) is 0 Å². The molecule has 0 radical (unpaired) electrons. The number of fused-ring (bicyclic) bond motifs is 1. The van der Waals surface area contributed by atoms with Crippen molar-refractivity contribution in [3.8, 4) is 28.7 Å². The predicted octanol–water partition coefficient (Wildman–Crippen LogP) is 5.20. The van der Waals surface area contributed by atoms with E-state index in [1.165, 1.54) is 45.6 Å². The summed E-state index contributed by atoms with van der Waals surface area (Å²) in [6.45, 7) is 0. The summed E-state index contributed by atoms with van der Waals surface area (Å²) in [6, 6.07) is 14.6. The number of Topliss-reactive ketones (excluding diaryl/α,β-unsaturated/α-hetero) is 1. The van der Waals surface area contributed by atoms with Crippen LogP contribution in [0, 0.1) is 0 Å². The van der Waals surface area contributed by atoms with Crippen LogP contribution in [0.25, 0.3) is 6.08 Å². The molecular formula is C25H19ClO7. The number of benzene rings is 3. The quantitative estimate of drug-likeness (QED) is 0.280. The Morgan fingerprint density at radius 1 is 0.909 bits per heavy atom. The molecule has 168 valence electrons. The molecule has 0 unspecified atom stereocenters. The highest BCUT2D eigenvalue weighted by molar-refractivity contribution is 6.30. The highest BCUT2D eigenvalue weighted by Gasteiger charge is 2.28. The Kier molecular flexibility index (Phi) is 6.24. The molecule has 3 aromatic carbocycles. The Hall–Kier alpha value is -3.97. The zero-order valence-electron chi connectivity index (χ0n) is 18.0. The van der Waals surface area contributed by atoms with Gasteiger partial charge in [0.1, 0.15) is 11.5 Å². The van der Waals surface area contributed by atoms with Crippen LogP contribution in [0.5, 0.6) is 28.7 Å². The van der Waals surface area contributed by atoms with Crippen LogP contribution in [0.4, 0.5) is 0 Å². The van der Waals surface area contributed by atoms with E-state index in [1.54, 1.807) is 36.4 Å². The highest BCUT2D eigenvalue weighted by Crippen LogP contribution is 2.39. The second-order valence-corrected chi connectivity index (χ2v) is 7.39. The third kappa shape index (κ3) is 4.49. The molecule has 1 aliphatic heterocycles. The largest absolute Gasteiger partial charge is 0.493 e. The van der Waals surface area contributed by atoms with E-state index in [2.05, 4.69) is 0 Å². The Labute approximate surface area is 195 Å². The average Bonchev–Trinajstić information content (AvgIpc) is 3.13. The van der Waals surface area contributed by atoms with Gasteiger partial charge in [0.25, 0.3) is 0 Å². The first-order chi connectivity index (χ1) is 15.9. The van der Waals surface area contributed by atoms with Gasteiger partial charge in [-0.05, 0) is 48.0 Å². The van der Waals surface area contributed by atoms with E-state index < -0.39 is 5.97 Å². The third-order valence-corrected chi connectivity index (χ3v) is 5.17. The topological polar surface area (TPSA) is 80.3 Å². The molecule has 1 aliphatic rings. The summed E-state index contributed by atoms with van der Waals surface area (Å²) < 4.78 is 27.0. The van der Waals surface area contributed by atoms with Gasteiger partial charge in [0.15, 0.2) is 17.3 Å². The number of hydrogen-bond donors (Lipinski definition) is 0. The lowest BCUT2D eigenvalue weighted by Gasteiger charge is -2.13. The van der Waals surface area contributed by atoms with Crippen LogP contribution in [0.3, 0.4) is 0 Å². The first-order valence-corrected chi connectivity index (χ1v) is 10.2. The molecule has 0 bridgehead atoms. The van der Waals surface area contributed by atoms with Crippen molar-refractivity contribution in [1.82, 2.24) is 0 Å². The number of hydrogen-bond acceptors (Lipinski definition) is 7. The fourth-order valence-corrected chi connectivity index (χ4v) is 3.43. The first kappa shape index (κ1) is 22.2. The lowest BCUT2D eigenvalue weighted by Crippen LogP contribution is -2.09. The van der Waals surface area contributed by atoms with Gasteiger partial charge in [-0.3, -0.25) is 4.79 Å². The maximum Gasteiger partial charge on any atom is 0.343 e. The minimum Gasteiger partial charge on any atom is -0.493 e. The molecule has 0 saturated carbocycles. The van der Waals surface area contributed by atoms with E-state index in [0.717, 1.165) is 5.56 Å². The number of methoxy groups -OCH3 is 3. The molecule has 33 heavy (non-hydrogen) atoms. The molecule has 0 spiro atoms.